The van der Waals surface area contributed by atoms with E-state index >= 15 is 0 Å². The molecule has 2 unspecified atom stereocenters. The first-order chi connectivity index (χ1) is 8.37. The number of ether oxygens (including phenoxy) is 1. The molecule has 0 spiro atoms. The van der Waals surface area contributed by atoms with Crippen molar-refractivity contribution in [2.45, 2.75) is 42.7 Å². The van der Waals surface area contributed by atoms with Crippen molar-refractivity contribution in [3.8, 4) is 0 Å². The van der Waals surface area contributed by atoms with E-state index < -0.39 is 23.1 Å². The minimum atomic E-state index is -1.04. The van der Waals surface area contributed by atoms with Crippen LogP contribution in [0.25, 0.3) is 0 Å². The topological polar surface area (TPSA) is 66.8 Å². The molecule has 5 heteroatoms. The Morgan fingerprint density at radius 3 is 2.50 bits per heavy atom. The van der Waals surface area contributed by atoms with Crippen LogP contribution in [0.5, 0.6) is 0 Å². The zero-order valence-corrected chi connectivity index (χ0v) is 11.5. The van der Waals surface area contributed by atoms with E-state index in [1.807, 2.05) is 0 Å². The van der Waals surface area contributed by atoms with Gasteiger partial charge in [-0.05, 0) is 20.3 Å². The van der Waals surface area contributed by atoms with E-state index in [1.54, 1.807) is 19.1 Å². The van der Waals surface area contributed by atoms with Crippen LogP contribution < -0.4 is 0 Å². The molecule has 0 saturated carbocycles. The molecule has 1 aliphatic heterocycles. The van der Waals surface area contributed by atoms with Gasteiger partial charge in [0.15, 0.2) is 6.10 Å². The van der Waals surface area contributed by atoms with E-state index in [4.69, 9.17) is 9.84 Å². The first-order valence-electron chi connectivity index (χ1n) is 5.89. The second kappa shape index (κ2) is 5.91. The van der Waals surface area contributed by atoms with Crippen LogP contribution in [-0.4, -0.2) is 38.6 Å². The lowest BCUT2D eigenvalue weighted by molar-refractivity contribution is -0.163. The summed E-state index contributed by atoms with van der Waals surface area (Å²) in [5, 5.41) is 19.1. The average molecular weight is 272 g/mol. The number of aliphatic hydroxyl groups is 1. The number of hydrogen-bond acceptors (Lipinski definition) is 4. The molecule has 0 bridgehead atoms. The molecule has 1 rings (SSSR count). The minimum absolute atomic E-state index is 0.104. The van der Waals surface area contributed by atoms with Crippen molar-refractivity contribution in [3.63, 3.8) is 0 Å². The van der Waals surface area contributed by atoms with Crippen LogP contribution in [0.2, 0.25) is 0 Å². The molecule has 0 aromatic rings. The lowest BCUT2D eigenvalue weighted by Crippen LogP contribution is -2.47. The quantitative estimate of drug-likeness (QED) is 0.724. The maximum Gasteiger partial charge on any atom is 0.332 e. The van der Waals surface area contributed by atoms with Crippen LogP contribution in [0.1, 0.15) is 20.3 Å². The summed E-state index contributed by atoms with van der Waals surface area (Å²) in [4.78, 5) is 9.98. The van der Waals surface area contributed by atoms with Gasteiger partial charge < -0.3 is 14.9 Å². The van der Waals surface area contributed by atoms with Crippen molar-refractivity contribution in [1.82, 2.24) is 0 Å². The second-order valence-electron chi connectivity index (χ2n) is 4.47. The Kier molecular flexibility index (Phi) is 5.01. The highest BCUT2D eigenvalue weighted by molar-refractivity contribution is 8.01. The van der Waals surface area contributed by atoms with Gasteiger partial charge in [0.2, 0.25) is 0 Å². The molecule has 0 aliphatic carbocycles. The van der Waals surface area contributed by atoms with Gasteiger partial charge in [0.05, 0.1) is 6.10 Å². The number of carbonyl (C=O) groups is 1. The van der Waals surface area contributed by atoms with E-state index in [-0.39, 0.29) is 11.2 Å². The molecule has 4 nitrogen and oxygen atoms in total. The Morgan fingerprint density at radius 1 is 1.50 bits per heavy atom. The third kappa shape index (κ3) is 2.79. The van der Waals surface area contributed by atoms with Gasteiger partial charge in [0.25, 0.3) is 0 Å². The van der Waals surface area contributed by atoms with Crippen LogP contribution in [0.3, 0.4) is 0 Å². The van der Waals surface area contributed by atoms with E-state index in [0.29, 0.717) is 0 Å². The molecule has 1 heterocycles. The van der Waals surface area contributed by atoms with Crippen LogP contribution >= 0.6 is 11.8 Å². The molecule has 2 N–H and O–H groups in total. The van der Waals surface area contributed by atoms with E-state index in [0.717, 1.165) is 6.42 Å². The summed E-state index contributed by atoms with van der Waals surface area (Å²) in [5.41, 5.74) is 0. The van der Waals surface area contributed by atoms with E-state index in [1.165, 1.54) is 18.7 Å². The van der Waals surface area contributed by atoms with Crippen molar-refractivity contribution in [1.29, 1.82) is 0 Å². The SMILES string of the molecule is C=CC1CC(C=C)[C@@](O[C@@H](C)C(=O)O)([C@H](C)O)S1. The monoisotopic (exact) mass is 272 g/mol. The smallest absolute Gasteiger partial charge is 0.332 e. The highest BCUT2D eigenvalue weighted by Crippen LogP contribution is 2.51. The van der Waals surface area contributed by atoms with E-state index in [9.17, 15) is 9.90 Å². The summed E-state index contributed by atoms with van der Waals surface area (Å²) in [7, 11) is 0. The number of carboxylic acid groups (broad SMARTS) is 1. The van der Waals surface area contributed by atoms with Crippen molar-refractivity contribution in [2.75, 3.05) is 0 Å². The molecule has 0 radical (unpaired) electrons. The van der Waals surface area contributed by atoms with Crippen molar-refractivity contribution < 1.29 is 19.7 Å². The maximum atomic E-state index is 10.9. The third-order valence-corrected chi connectivity index (χ3v) is 4.97. The van der Waals surface area contributed by atoms with Crippen LogP contribution in [0, 0.1) is 5.92 Å². The predicted octanol–water partition coefficient (Wildman–Crippen LogP) is 2.05. The lowest BCUT2D eigenvalue weighted by Gasteiger charge is -2.37. The van der Waals surface area contributed by atoms with Gasteiger partial charge >= 0.3 is 5.97 Å². The second-order valence-corrected chi connectivity index (χ2v) is 5.94. The summed E-state index contributed by atoms with van der Waals surface area (Å²) < 4.78 is 5.65. The Bertz CT molecular complexity index is 342. The average Bonchev–Trinajstić information content (AvgIpc) is 2.68. The van der Waals surface area contributed by atoms with Gasteiger partial charge in [-0.1, -0.05) is 12.2 Å². The van der Waals surface area contributed by atoms with Gasteiger partial charge in [0.1, 0.15) is 4.93 Å². The number of rotatable bonds is 6. The predicted molar refractivity (Wildman–Crippen MR) is 72.5 cm³/mol. The summed E-state index contributed by atoms with van der Waals surface area (Å²) in [6.07, 6.45) is 2.49. The molecule has 102 valence electrons. The number of aliphatic hydroxyl groups excluding tert-OH is 1. The fourth-order valence-electron chi connectivity index (χ4n) is 2.14. The van der Waals surface area contributed by atoms with Crippen molar-refractivity contribution in [3.05, 3.63) is 25.3 Å². The molecule has 5 atom stereocenters. The van der Waals surface area contributed by atoms with Gasteiger partial charge in [-0.2, -0.15) is 0 Å². The molecule has 18 heavy (non-hydrogen) atoms. The molecule has 1 saturated heterocycles. The minimum Gasteiger partial charge on any atom is -0.479 e. The van der Waals surface area contributed by atoms with Gasteiger partial charge in [-0.15, -0.1) is 24.9 Å². The zero-order chi connectivity index (χ0) is 13.9. The molecule has 1 aliphatic rings. The Morgan fingerprint density at radius 2 is 2.11 bits per heavy atom. The lowest BCUT2D eigenvalue weighted by atomic mass is 9.93. The van der Waals surface area contributed by atoms with Crippen LogP contribution in [-0.2, 0) is 9.53 Å². The third-order valence-electron chi connectivity index (χ3n) is 3.18. The highest BCUT2D eigenvalue weighted by Gasteiger charge is 2.52. The molecule has 0 aromatic carbocycles. The molecule has 0 aromatic heterocycles. The zero-order valence-electron chi connectivity index (χ0n) is 10.7. The first kappa shape index (κ1) is 15.3. The van der Waals surface area contributed by atoms with Gasteiger partial charge in [0, 0.05) is 11.2 Å². The molecule has 1 fully saturated rings. The number of carboxylic acids is 1. The fourth-order valence-corrected chi connectivity index (χ4v) is 3.78. The summed E-state index contributed by atoms with van der Waals surface area (Å²) in [6.45, 7) is 10.6. The summed E-state index contributed by atoms with van der Waals surface area (Å²) >= 11 is 1.42. The van der Waals surface area contributed by atoms with E-state index in [2.05, 4.69) is 13.2 Å². The largest absolute Gasteiger partial charge is 0.479 e. The maximum absolute atomic E-state index is 10.9. The van der Waals surface area contributed by atoms with Gasteiger partial charge in [-0.25, -0.2) is 4.79 Å². The number of hydrogen-bond donors (Lipinski definition) is 2. The number of aliphatic carboxylic acids is 1. The van der Waals surface area contributed by atoms with Crippen molar-refractivity contribution in [2.24, 2.45) is 5.92 Å². The first-order valence-corrected chi connectivity index (χ1v) is 6.77. The Balaban J connectivity index is 3.01. The molecule has 0 amide bonds. The molecular formula is C13H20O4S. The summed E-state index contributed by atoms with van der Waals surface area (Å²) in [5.74, 6) is -1.15. The number of thioether (sulfide) groups is 1. The fraction of sp³-hybridized carbons (Fsp3) is 0.615. The summed E-state index contributed by atoms with van der Waals surface area (Å²) in [6, 6.07) is 0. The highest BCUT2D eigenvalue weighted by atomic mass is 32.2. The Labute approximate surface area is 112 Å². The van der Waals surface area contributed by atoms with Crippen LogP contribution in [0.15, 0.2) is 25.3 Å². The standard InChI is InChI=1S/C13H20O4S/c1-5-10-7-11(6-2)18-13(10,9(4)14)17-8(3)12(15)16/h5-6,8-11,14H,1-2,7H2,3-4H3,(H,15,16)/t8-,9-,10?,11?,13+/m0/s1. The Hall–Kier alpha value is -0.780. The van der Waals surface area contributed by atoms with Crippen LogP contribution in [0.4, 0.5) is 0 Å². The molecular weight excluding hydrogens is 252 g/mol. The normalized spacial score (nSPS) is 34.8. The van der Waals surface area contributed by atoms with Gasteiger partial charge in [-0.3, -0.25) is 0 Å². The van der Waals surface area contributed by atoms with Crippen molar-refractivity contribution >= 4 is 17.7 Å².